The summed E-state index contributed by atoms with van der Waals surface area (Å²) in [5.41, 5.74) is 0. The molecule has 1 rings (SSSR count). The molecule has 0 bridgehead atoms. The van der Waals surface area contributed by atoms with Crippen LogP contribution < -0.4 is 0 Å². The highest BCUT2D eigenvalue weighted by atomic mass is 79.9. The molecule has 0 saturated heterocycles. The lowest BCUT2D eigenvalue weighted by Gasteiger charge is -2.06. The molecule has 1 heterocycles. The minimum absolute atomic E-state index is 0.278. The number of hydrogen-bond acceptors (Lipinski definition) is 2. The smallest absolute Gasteiger partial charge is 0.269 e. The van der Waals surface area contributed by atoms with Crippen molar-refractivity contribution in [2.24, 2.45) is 0 Å². The van der Waals surface area contributed by atoms with Crippen molar-refractivity contribution in [2.45, 2.75) is 12.5 Å². The molecule has 0 aliphatic heterocycles. The van der Waals surface area contributed by atoms with Crippen LogP contribution in [0.1, 0.15) is 11.0 Å². The van der Waals surface area contributed by atoms with E-state index in [1.165, 1.54) is 0 Å². The first-order valence-corrected chi connectivity index (χ1v) is 4.49. The summed E-state index contributed by atoms with van der Waals surface area (Å²) in [6, 6.07) is 1.63. The van der Waals surface area contributed by atoms with Gasteiger partial charge >= 0.3 is 0 Å². The second-order valence-electron chi connectivity index (χ2n) is 1.91. The highest BCUT2D eigenvalue weighted by Gasteiger charge is 2.22. The number of rotatable bonds is 2. The molecule has 1 aromatic heterocycles. The molecule has 62 valence electrons. The number of aliphatic hydroxyl groups excluding tert-OH is 1. The van der Waals surface area contributed by atoms with Gasteiger partial charge in [0, 0.05) is 4.47 Å². The van der Waals surface area contributed by atoms with Gasteiger partial charge in [-0.05, 0) is 27.4 Å². The van der Waals surface area contributed by atoms with Gasteiger partial charge in [-0.3, -0.25) is 0 Å². The SMILES string of the molecule is OC(c1sccc1Br)C(F)F. The fourth-order valence-electron chi connectivity index (χ4n) is 0.631. The van der Waals surface area contributed by atoms with Crippen molar-refractivity contribution < 1.29 is 13.9 Å². The molecule has 0 amide bonds. The standard InChI is InChI=1S/C6H5BrF2OS/c7-3-1-2-11-5(3)4(10)6(8)9/h1-2,4,6,10H. The Labute approximate surface area is 74.8 Å². The third kappa shape index (κ3) is 1.98. The van der Waals surface area contributed by atoms with Gasteiger partial charge in [-0.1, -0.05) is 0 Å². The summed E-state index contributed by atoms with van der Waals surface area (Å²) in [5.74, 6) is 0. The zero-order valence-electron chi connectivity index (χ0n) is 5.30. The molecule has 0 radical (unpaired) electrons. The number of hydrogen-bond donors (Lipinski definition) is 1. The molecule has 0 aliphatic carbocycles. The van der Waals surface area contributed by atoms with E-state index in [0.717, 1.165) is 11.3 Å². The monoisotopic (exact) mass is 242 g/mol. The molecule has 1 unspecified atom stereocenters. The van der Waals surface area contributed by atoms with Gasteiger partial charge in [-0.15, -0.1) is 11.3 Å². The first-order chi connectivity index (χ1) is 5.13. The Bertz CT molecular complexity index is 238. The lowest BCUT2D eigenvalue weighted by Crippen LogP contribution is -2.06. The topological polar surface area (TPSA) is 20.2 Å². The van der Waals surface area contributed by atoms with Crippen LogP contribution in [0.3, 0.4) is 0 Å². The lowest BCUT2D eigenvalue weighted by atomic mass is 10.3. The molecule has 1 aromatic rings. The first kappa shape index (κ1) is 9.09. The highest BCUT2D eigenvalue weighted by molar-refractivity contribution is 9.10. The van der Waals surface area contributed by atoms with E-state index in [-0.39, 0.29) is 4.88 Å². The molecular formula is C6H5BrF2OS. The van der Waals surface area contributed by atoms with E-state index < -0.39 is 12.5 Å². The van der Waals surface area contributed by atoms with Crippen molar-refractivity contribution in [1.82, 2.24) is 0 Å². The Balaban J connectivity index is 2.84. The second kappa shape index (κ2) is 3.60. The van der Waals surface area contributed by atoms with Crippen LogP contribution in [0, 0.1) is 0 Å². The van der Waals surface area contributed by atoms with Crippen molar-refractivity contribution >= 4 is 27.3 Å². The van der Waals surface area contributed by atoms with Gasteiger partial charge in [-0.25, -0.2) is 8.78 Å². The second-order valence-corrected chi connectivity index (χ2v) is 3.71. The van der Waals surface area contributed by atoms with E-state index in [4.69, 9.17) is 5.11 Å². The third-order valence-electron chi connectivity index (χ3n) is 1.15. The summed E-state index contributed by atoms with van der Waals surface area (Å²) in [6.07, 6.45) is -4.38. The quantitative estimate of drug-likeness (QED) is 0.846. The van der Waals surface area contributed by atoms with Crippen molar-refractivity contribution in [3.63, 3.8) is 0 Å². The summed E-state index contributed by atoms with van der Waals surface area (Å²) in [5, 5.41) is 10.5. The lowest BCUT2D eigenvalue weighted by molar-refractivity contribution is -0.00405. The van der Waals surface area contributed by atoms with Crippen LogP contribution in [0.5, 0.6) is 0 Å². The zero-order chi connectivity index (χ0) is 8.43. The maximum absolute atomic E-state index is 11.9. The van der Waals surface area contributed by atoms with Gasteiger partial charge in [0.05, 0.1) is 4.88 Å². The molecule has 0 spiro atoms. The molecule has 0 aromatic carbocycles. The molecule has 11 heavy (non-hydrogen) atoms. The van der Waals surface area contributed by atoms with Gasteiger partial charge in [0.15, 0.2) is 0 Å². The predicted octanol–water partition coefficient (Wildman–Crippen LogP) is 2.81. The van der Waals surface area contributed by atoms with Gasteiger partial charge in [0.25, 0.3) is 6.43 Å². The summed E-state index contributed by atoms with van der Waals surface area (Å²) in [6.45, 7) is 0. The van der Waals surface area contributed by atoms with E-state index in [1.54, 1.807) is 11.4 Å². The van der Waals surface area contributed by atoms with Crippen LogP contribution in [-0.2, 0) is 0 Å². The average Bonchev–Trinajstić information content (AvgIpc) is 2.33. The molecule has 1 nitrogen and oxygen atoms in total. The Morgan fingerprint density at radius 1 is 1.55 bits per heavy atom. The van der Waals surface area contributed by atoms with Gasteiger partial charge < -0.3 is 5.11 Å². The minimum atomic E-state index is -2.72. The fraction of sp³-hybridized carbons (Fsp3) is 0.333. The maximum atomic E-state index is 11.9. The van der Waals surface area contributed by atoms with Crippen LogP contribution in [0.4, 0.5) is 8.78 Å². The predicted molar refractivity (Wildman–Crippen MR) is 43.0 cm³/mol. The van der Waals surface area contributed by atoms with Crippen LogP contribution >= 0.6 is 27.3 Å². The molecular weight excluding hydrogens is 238 g/mol. The number of alkyl halides is 2. The molecule has 1 N–H and O–H groups in total. The maximum Gasteiger partial charge on any atom is 0.269 e. The van der Waals surface area contributed by atoms with E-state index >= 15 is 0 Å². The third-order valence-corrected chi connectivity index (χ3v) is 3.09. The van der Waals surface area contributed by atoms with Crippen LogP contribution in [0.2, 0.25) is 0 Å². The van der Waals surface area contributed by atoms with Crippen LogP contribution in [0.15, 0.2) is 15.9 Å². The van der Waals surface area contributed by atoms with E-state index in [1.807, 2.05) is 0 Å². The minimum Gasteiger partial charge on any atom is -0.382 e. The van der Waals surface area contributed by atoms with Gasteiger partial charge in [-0.2, -0.15) is 0 Å². The Hall–Kier alpha value is -0.0000000000000000555. The van der Waals surface area contributed by atoms with Crippen molar-refractivity contribution in [3.05, 3.63) is 20.8 Å². The number of thiophene rings is 1. The van der Waals surface area contributed by atoms with Crippen LogP contribution in [0.25, 0.3) is 0 Å². The Morgan fingerprint density at radius 3 is 2.55 bits per heavy atom. The van der Waals surface area contributed by atoms with Gasteiger partial charge in [0.2, 0.25) is 0 Å². The molecule has 1 atom stereocenters. The largest absolute Gasteiger partial charge is 0.382 e. The average molecular weight is 243 g/mol. The first-order valence-electron chi connectivity index (χ1n) is 2.82. The summed E-state index contributed by atoms with van der Waals surface area (Å²) < 4.78 is 24.4. The molecule has 0 aliphatic rings. The van der Waals surface area contributed by atoms with Crippen molar-refractivity contribution in [2.75, 3.05) is 0 Å². The summed E-state index contributed by atoms with van der Waals surface area (Å²) >= 11 is 4.16. The zero-order valence-corrected chi connectivity index (χ0v) is 7.70. The van der Waals surface area contributed by atoms with Gasteiger partial charge in [0.1, 0.15) is 6.10 Å². The highest BCUT2D eigenvalue weighted by Crippen LogP contribution is 2.31. The molecule has 0 fully saturated rings. The Kier molecular flexibility index (Phi) is 2.98. The number of halogens is 3. The number of aliphatic hydroxyl groups is 1. The fourth-order valence-corrected chi connectivity index (χ4v) is 2.23. The van der Waals surface area contributed by atoms with E-state index in [0.29, 0.717) is 4.47 Å². The van der Waals surface area contributed by atoms with E-state index in [2.05, 4.69) is 15.9 Å². The summed E-state index contributed by atoms with van der Waals surface area (Å²) in [4.78, 5) is 0.278. The molecule has 5 heteroatoms. The van der Waals surface area contributed by atoms with Crippen molar-refractivity contribution in [1.29, 1.82) is 0 Å². The van der Waals surface area contributed by atoms with Crippen LogP contribution in [-0.4, -0.2) is 11.5 Å². The van der Waals surface area contributed by atoms with Crippen molar-refractivity contribution in [3.8, 4) is 0 Å². The normalized spacial score (nSPS) is 13.9. The Morgan fingerprint density at radius 2 is 2.18 bits per heavy atom. The van der Waals surface area contributed by atoms with E-state index in [9.17, 15) is 8.78 Å². The molecule has 0 saturated carbocycles. The summed E-state index contributed by atoms with van der Waals surface area (Å²) in [7, 11) is 0.